The Morgan fingerprint density at radius 2 is 1.87 bits per heavy atom. The molecule has 7 heteroatoms. The van der Waals surface area contributed by atoms with Crippen LogP contribution in [0.1, 0.15) is 15.9 Å². The first-order valence-corrected chi connectivity index (χ1v) is 6.88. The van der Waals surface area contributed by atoms with Crippen molar-refractivity contribution in [1.29, 1.82) is 0 Å². The first kappa shape index (κ1) is 18.5. The number of benzene rings is 2. The SMILES string of the molecule is CO.COc1ccc(/C=N/NC(=O)c2ccc(Cl)cc2)c(O)c1. The highest BCUT2D eigenvalue weighted by Crippen LogP contribution is 2.21. The molecule has 2 rings (SSSR count). The number of aromatic hydroxyl groups is 1. The van der Waals surface area contributed by atoms with Crippen molar-refractivity contribution in [3.8, 4) is 11.5 Å². The number of phenols is 1. The summed E-state index contributed by atoms with van der Waals surface area (Å²) < 4.78 is 4.98. The fourth-order valence-electron chi connectivity index (χ4n) is 1.59. The van der Waals surface area contributed by atoms with Gasteiger partial charge in [-0.2, -0.15) is 5.10 Å². The van der Waals surface area contributed by atoms with Crippen LogP contribution in [0.5, 0.6) is 11.5 Å². The lowest BCUT2D eigenvalue weighted by Gasteiger charge is -2.03. The van der Waals surface area contributed by atoms with E-state index in [4.69, 9.17) is 21.4 Å². The molecule has 3 N–H and O–H groups in total. The zero-order valence-corrected chi connectivity index (χ0v) is 13.4. The molecule has 0 unspecified atom stereocenters. The predicted octanol–water partition coefficient (Wildman–Crippen LogP) is 2.43. The van der Waals surface area contributed by atoms with E-state index in [0.29, 0.717) is 21.9 Å². The van der Waals surface area contributed by atoms with Gasteiger partial charge in [-0.25, -0.2) is 5.43 Å². The summed E-state index contributed by atoms with van der Waals surface area (Å²) in [6.07, 6.45) is 1.35. The quantitative estimate of drug-likeness (QED) is 0.590. The molecule has 2 aromatic carbocycles. The van der Waals surface area contributed by atoms with Crippen LogP contribution < -0.4 is 10.2 Å². The van der Waals surface area contributed by atoms with Gasteiger partial charge in [-0.15, -0.1) is 0 Å². The molecule has 0 saturated carbocycles. The number of methoxy groups -OCH3 is 1. The Morgan fingerprint density at radius 3 is 2.43 bits per heavy atom. The molecule has 0 radical (unpaired) electrons. The van der Waals surface area contributed by atoms with E-state index in [2.05, 4.69) is 10.5 Å². The summed E-state index contributed by atoms with van der Waals surface area (Å²) in [5.41, 5.74) is 3.27. The van der Waals surface area contributed by atoms with Crippen LogP contribution in [0.25, 0.3) is 0 Å². The molecule has 6 nitrogen and oxygen atoms in total. The topological polar surface area (TPSA) is 91.2 Å². The van der Waals surface area contributed by atoms with Gasteiger partial charge in [0.2, 0.25) is 0 Å². The summed E-state index contributed by atoms with van der Waals surface area (Å²) in [7, 11) is 2.51. The maximum atomic E-state index is 11.8. The fourth-order valence-corrected chi connectivity index (χ4v) is 1.71. The van der Waals surface area contributed by atoms with Gasteiger partial charge in [0.25, 0.3) is 5.91 Å². The smallest absolute Gasteiger partial charge is 0.271 e. The third kappa shape index (κ3) is 5.61. The van der Waals surface area contributed by atoms with Crippen LogP contribution >= 0.6 is 11.6 Å². The molecular formula is C16H17ClN2O4. The molecule has 0 atom stereocenters. The number of carbonyl (C=O) groups is 1. The van der Waals surface area contributed by atoms with Gasteiger partial charge in [-0.05, 0) is 36.4 Å². The summed E-state index contributed by atoms with van der Waals surface area (Å²) in [6.45, 7) is 0. The van der Waals surface area contributed by atoms with Crippen molar-refractivity contribution < 1.29 is 19.7 Å². The van der Waals surface area contributed by atoms with Gasteiger partial charge in [0, 0.05) is 29.3 Å². The Hall–Kier alpha value is -2.57. The van der Waals surface area contributed by atoms with Crippen LogP contribution in [-0.4, -0.2) is 36.6 Å². The average molecular weight is 337 g/mol. The molecule has 0 fully saturated rings. The van der Waals surface area contributed by atoms with Crippen molar-refractivity contribution in [3.05, 3.63) is 58.6 Å². The van der Waals surface area contributed by atoms with Crippen molar-refractivity contribution in [2.45, 2.75) is 0 Å². The fraction of sp³-hybridized carbons (Fsp3) is 0.125. The number of aliphatic hydroxyl groups is 1. The number of hydrogen-bond acceptors (Lipinski definition) is 5. The highest BCUT2D eigenvalue weighted by atomic mass is 35.5. The Kier molecular flexibility index (Phi) is 7.59. The Balaban J connectivity index is 0.00000127. The lowest BCUT2D eigenvalue weighted by atomic mass is 10.2. The summed E-state index contributed by atoms with van der Waals surface area (Å²) in [5, 5.41) is 21.1. The molecule has 0 heterocycles. The van der Waals surface area contributed by atoms with Crippen molar-refractivity contribution in [3.63, 3.8) is 0 Å². The molecule has 0 aromatic heterocycles. The van der Waals surface area contributed by atoms with Crippen molar-refractivity contribution in [1.82, 2.24) is 5.43 Å². The van der Waals surface area contributed by atoms with Gasteiger partial charge in [-0.1, -0.05) is 11.6 Å². The van der Waals surface area contributed by atoms with Crippen LogP contribution in [0.2, 0.25) is 5.02 Å². The second-order valence-electron chi connectivity index (χ2n) is 4.13. The molecule has 0 aliphatic heterocycles. The predicted molar refractivity (Wildman–Crippen MR) is 89.3 cm³/mol. The average Bonchev–Trinajstić information content (AvgIpc) is 2.58. The largest absolute Gasteiger partial charge is 0.507 e. The van der Waals surface area contributed by atoms with E-state index in [9.17, 15) is 9.90 Å². The second kappa shape index (κ2) is 9.45. The highest BCUT2D eigenvalue weighted by molar-refractivity contribution is 6.30. The number of rotatable bonds is 4. The van der Waals surface area contributed by atoms with Crippen LogP contribution in [0, 0.1) is 0 Å². The van der Waals surface area contributed by atoms with E-state index in [0.717, 1.165) is 7.11 Å². The Labute approximate surface area is 139 Å². The summed E-state index contributed by atoms with van der Waals surface area (Å²) in [4.78, 5) is 11.8. The minimum absolute atomic E-state index is 0.0128. The number of halogens is 1. The van der Waals surface area contributed by atoms with E-state index < -0.39 is 0 Å². The summed E-state index contributed by atoms with van der Waals surface area (Å²) in [5.74, 6) is 0.185. The van der Waals surface area contributed by atoms with E-state index in [1.165, 1.54) is 19.4 Å². The Bertz CT molecular complexity index is 672. The lowest BCUT2D eigenvalue weighted by Crippen LogP contribution is -2.17. The maximum Gasteiger partial charge on any atom is 0.271 e. The maximum absolute atomic E-state index is 11.8. The Morgan fingerprint density at radius 1 is 1.22 bits per heavy atom. The lowest BCUT2D eigenvalue weighted by molar-refractivity contribution is 0.0955. The molecule has 0 aliphatic rings. The zero-order valence-electron chi connectivity index (χ0n) is 12.7. The molecule has 2 aromatic rings. The van der Waals surface area contributed by atoms with Gasteiger partial charge < -0.3 is 14.9 Å². The number of aliphatic hydroxyl groups excluding tert-OH is 1. The number of hydrazone groups is 1. The molecule has 122 valence electrons. The number of phenolic OH excluding ortho intramolecular Hbond substituents is 1. The number of nitrogens with one attached hydrogen (secondary N) is 1. The van der Waals surface area contributed by atoms with Gasteiger partial charge in [0.1, 0.15) is 11.5 Å². The molecule has 0 bridgehead atoms. The van der Waals surface area contributed by atoms with Crippen LogP contribution in [0.4, 0.5) is 0 Å². The minimum Gasteiger partial charge on any atom is -0.507 e. The van der Waals surface area contributed by atoms with E-state index >= 15 is 0 Å². The van der Waals surface area contributed by atoms with Gasteiger partial charge in [0.15, 0.2) is 0 Å². The van der Waals surface area contributed by atoms with Crippen molar-refractivity contribution in [2.24, 2.45) is 5.10 Å². The molecule has 23 heavy (non-hydrogen) atoms. The van der Waals surface area contributed by atoms with Gasteiger partial charge in [-0.3, -0.25) is 4.79 Å². The van der Waals surface area contributed by atoms with Crippen molar-refractivity contribution >= 4 is 23.7 Å². The summed E-state index contributed by atoms with van der Waals surface area (Å²) >= 11 is 5.74. The number of carbonyl (C=O) groups excluding carboxylic acids is 1. The first-order chi connectivity index (χ1) is 11.1. The first-order valence-electron chi connectivity index (χ1n) is 6.51. The third-order valence-electron chi connectivity index (χ3n) is 2.71. The number of nitrogens with zero attached hydrogens (tertiary/aromatic N) is 1. The van der Waals surface area contributed by atoms with E-state index in [-0.39, 0.29) is 11.7 Å². The van der Waals surface area contributed by atoms with E-state index in [1.54, 1.807) is 36.4 Å². The molecular weight excluding hydrogens is 320 g/mol. The minimum atomic E-state index is -0.365. The van der Waals surface area contributed by atoms with Crippen molar-refractivity contribution in [2.75, 3.05) is 14.2 Å². The zero-order chi connectivity index (χ0) is 17.2. The van der Waals surface area contributed by atoms with Crippen LogP contribution in [-0.2, 0) is 0 Å². The monoisotopic (exact) mass is 336 g/mol. The highest BCUT2D eigenvalue weighted by Gasteiger charge is 2.04. The number of hydrogen-bond donors (Lipinski definition) is 3. The second-order valence-corrected chi connectivity index (χ2v) is 4.57. The van der Waals surface area contributed by atoms with Crippen LogP contribution in [0.3, 0.4) is 0 Å². The third-order valence-corrected chi connectivity index (χ3v) is 2.97. The van der Waals surface area contributed by atoms with Crippen LogP contribution in [0.15, 0.2) is 47.6 Å². The molecule has 1 amide bonds. The number of amides is 1. The molecule has 0 aliphatic carbocycles. The summed E-state index contributed by atoms with van der Waals surface area (Å²) in [6, 6.07) is 11.2. The molecule has 0 saturated heterocycles. The van der Waals surface area contributed by atoms with Gasteiger partial charge in [0.05, 0.1) is 13.3 Å². The molecule has 0 spiro atoms. The standard InChI is InChI=1S/C15H13ClN2O3.CH4O/c1-21-13-7-4-11(14(19)8-13)9-17-18-15(20)10-2-5-12(16)6-3-10;1-2/h2-9,19H,1H3,(H,18,20);2H,1H3/b17-9+;. The normalized spacial score (nSPS) is 9.91. The van der Waals surface area contributed by atoms with Gasteiger partial charge >= 0.3 is 0 Å². The van der Waals surface area contributed by atoms with E-state index in [1.807, 2.05) is 0 Å². The number of ether oxygens (including phenoxy) is 1.